The summed E-state index contributed by atoms with van der Waals surface area (Å²) in [6.07, 6.45) is 1.70. The SMILES string of the molecule is O=C(O)c1ccc2c(c1)C(=O)N(CCNc1ccccn1)C2. The first-order valence-corrected chi connectivity index (χ1v) is 6.95. The van der Waals surface area contributed by atoms with Gasteiger partial charge in [-0.2, -0.15) is 0 Å². The van der Waals surface area contributed by atoms with E-state index in [1.807, 2.05) is 18.2 Å². The molecule has 1 aliphatic rings. The summed E-state index contributed by atoms with van der Waals surface area (Å²) in [5, 5.41) is 12.1. The van der Waals surface area contributed by atoms with Crippen LogP contribution in [-0.2, 0) is 6.54 Å². The van der Waals surface area contributed by atoms with Crippen LogP contribution in [0.3, 0.4) is 0 Å². The summed E-state index contributed by atoms with van der Waals surface area (Å²) in [6.45, 7) is 1.63. The number of rotatable bonds is 5. The zero-order valence-electron chi connectivity index (χ0n) is 11.8. The first-order chi connectivity index (χ1) is 10.6. The number of carbonyl (C=O) groups excluding carboxylic acids is 1. The Kier molecular flexibility index (Phi) is 3.74. The molecule has 2 aromatic rings. The second kappa shape index (κ2) is 5.85. The molecule has 6 heteroatoms. The lowest BCUT2D eigenvalue weighted by molar-refractivity contribution is 0.0697. The van der Waals surface area contributed by atoms with Gasteiger partial charge in [0.1, 0.15) is 5.82 Å². The van der Waals surface area contributed by atoms with Gasteiger partial charge in [-0.3, -0.25) is 4.79 Å². The van der Waals surface area contributed by atoms with Crippen molar-refractivity contribution < 1.29 is 14.7 Å². The third-order valence-electron chi connectivity index (χ3n) is 3.59. The fraction of sp³-hybridized carbons (Fsp3) is 0.188. The molecule has 0 saturated carbocycles. The van der Waals surface area contributed by atoms with Crippen LogP contribution in [-0.4, -0.2) is 40.0 Å². The molecule has 2 N–H and O–H groups in total. The number of hydrogen-bond donors (Lipinski definition) is 2. The van der Waals surface area contributed by atoms with Gasteiger partial charge in [0.05, 0.1) is 5.56 Å². The molecule has 1 amide bonds. The Hall–Kier alpha value is -2.89. The van der Waals surface area contributed by atoms with E-state index < -0.39 is 5.97 Å². The minimum atomic E-state index is -1.02. The molecule has 112 valence electrons. The Bertz CT molecular complexity index is 716. The van der Waals surface area contributed by atoms with Crippen LogP contribution in [0.2, 0.25) is 0 Å². The van der Waals surface area contributed by atoms with Crippen LogP contribution in [0.1, 0.15) is 26.3 Å². The predicted octanol–water partition coefficient (Wildman–Crippen LogP) is 1.85. The lowest BCUT2D eigenvalue weighted by atomic mass is 10.1. The number of pyridine rings is 1. The Morgan fingerprint density at radius 3 is 2.91 bits per heavy atom. The molecule has 0 saturated heterocycles. The van der Waals surface area contributed by atoms with Crippen LogP contribution in [0.4, 0.5) is 5.82 Å². The summed E-state index contributed by atoms with van der Waals surface area (Å²) in [5.74, 6) is -0.383. The van der Waals surface area contributed by atoms with Gasteiger partial charge in [0, 0.05) is 31.4 Å². The monoisotopic (exact) mass is 297 g/mol. The van der Waals surface area contributed by atoms with Gasteiger partial charge in [-0.15, -0.1) is 0 Å². The molecule has 0 atom stereocenters. The van der Waals surface area contributed by atoms with Crippen molar-refractivity contribution in [3.63, 3.8) is 0 Å². The average molecular weight is 297 g/mol. The molecule has 2 heterocycles. The van der Waals surface area contributed by atoms with Crippen LogP contribution in [0.5, 0.6) is 0 Å². The molecule has 22 heavy (non-hydrogen) atoms. The predicted molar refractivity (Wildman–Crippen MR) is 80.9 cm³/mol. The number of carboxylic acid groups (broad SMARTS) is 1. The minimum Gasteiger partial charge on any atom is -0.478 e. The quantitative estimate of drug-likeness (QED) is 0.880. The summed E-state index contributed by atoms with van der Waals surface area (Å²) < 4.78 is 0. The fourth-order valence-electron chi connectivity index (χ4n) is 2.46. The molecule has 3 rings (SSSR count). The van der Waals surface area contributed by atoms with Crippen molar-refractivity contribution >= 4 is 17.7 Å². The first-order valence-electron chi connectivity index (χ1n) is 6.95. The van der Waals surface area contributed by atoms with E-state index in [9.17, 15) is 9.59 Å². The highest BCUT2D eigenvalue weighted by Gasteiger charge is 2.27. The molecule has 0 bridgehead atoms. The van der Waals surface area contributed by atoms with Gasteiger partial charge < -0.3 is 15.3 Å². The number of nitrogens with zero attached hydrogens (tertiary/aromatic N) is 2. The Morgan fingerprint density at radius 1 is 1.32 bits per heavy atom. The minimum absolute atomic E-state index is 0.124. The normalized spacial score (nSPS) is 13.1. The molecule has 0 spiro atoms. The largest absolute Gasteiger partial charge is 0.478 e. The molecule has 0 fully saturated rings. The average Bonchev–Trinajstić information content (AvgIpc) is 2.84. The smallest absolute Gasteiger partial charge is 0.335 e. The van der Waals surface area contributed by atoms with E-state index in [1.165, 1.54) is 12.1 Å². The van der Waals surface area contributed by atoms with Gasteiger partial charge in [-0.1, -0.05) is 12.1 Å². The molecule has 1 aromatic carbocycles. The van der Waals surface area contributed by atoms with Crippen LogP contribution in [0.15, 0.2) is 42.6 Å². The second-order valence-electron chi connectivity index (χ2n) is 5.05. The highest BCUT2D eigenvalue weighted by atomic mass is 16.4. The maximum Gasteiger partial charge on any atom is 0.335 e. The maximum atomic E-state index is 12.3. The molecule has 6 nitrogen and oxygen atoms in total. The van der Waals surface area contributed by atoms with Crippen molar-refractivity contribution in [1.29, 1.82) is 0 Å². The van der Waals surface area contributed by atoms with Crippen LogP contribution in [0, 0.1) is 0 Å². The highest BCUT2D eigenvalue weighted by molar-refractivity contribution is 6.00. The van der Waals surface area contributed by atoms with E-state index in [-0.39, 0.29) is 11.5 Å². The van der Waals surface area contributed by atoms with E-state index in [2.05, 4.69) is 10.3 Å². The highest BCUT2D eigenvalue weighted by Crippen LogP contribution is 2.23. The van der Waals surface area contributed by atoms with Gasteiger partial charge in [0.2, 0.25) is 0 Å². The lowest BCUT2D eigenvalue weighted by Gasteiger charge is -2.16. The summed E-state index contributed by atoms with van der Waals surface area (Å²) in [5.41, 5.74) is 1.49. The molecule has 0 aliphatic carbocycles. The zero-order valence-corrected chi connectivity index (χ0v) is 11.8. The number of hydrogen-bond acceptors (Lipinski definition) is 4. The van der Waals surface area contributed by atoms with Crippen LogP contribution in [0.25, 0.3) is 0 Å². The van der Waals surface area contributed by atoms with E-state index in [1.54, 1.807) is 17.2 Å². The summed E-state index contributed by atoms with van der Waals surface area (Å²) in [4.78, 5) is 29.1. The van der Waals surface area contributed by atoms with Gasteiger partial charge in [0.15, 0.2) is 0 Å². The van der Waals surface area contributed by atoms with E-state index in [0.717, 1.165) is 11.4 Å². The maximum absolute atomic E-state index is 12.3. The Balaban J connectivity index is 1.63. The number of anilines is 1. The number of nitrogens with one attached hydrogen (secondary N) is 1. The van der Waals surface area contributed by atoms with Crippen molar-refractivity contribution in [2.24, 2.45) is 0 Å². The lowest BCUT2D eigenvalue weighted by Crippen LogP contribution is -2.29. The van der Waals surface area contributed by atoms with Crippen molar-refractivity contribution in [2.45, 2.75) is 6.54 Å². The molecular weight excluding hydrogens is 282 g/mol. The van der Waals surface area contributed by atoms with Gasteiger partial charge in [0.25, 0.3) is 5.91 Å². The third-order valence-corrected chi connectivity index (χ3v) is 3.59. The number of aromatic carboxylic acids is 1. The molecule has 1 aromatic heterocycles. The van der Waals surface area contributed by atoms with Crippen LogP contribution < -0.4 is 5.32 Å². The van der Waals surface area contributed by atoms with Crippen molar-refractivity contribution in [3.8, 4) is 0 Å². The van der Waals surface area contributed by atoms with Crippen molar-refractivity contribution in [3.05, 3.63) is 59.3 Å². The third kappa shape index (κ3) is 2.76. The van der Waals surface area contributed by atoms with E-state index in [0.29, 0.717) is 25.2 Å². The van der Waals surface area contributed by atoms with Crippen LogP contribution >= 0.6 is 0 Å². The molecule has 0 unspecified atom stereocenters. The van der Waals surface area contributed by atoms with E-state index >= 15 is 0 Å². The summed E-state index contributed by atoms with van der Waals surface area (Å²) in [7, 11) is 0. The summed E-state index contributed by atoms with van der Waals surface area (Å²) >= 11 is 0. The van der Waals surface area contributed by atoms with Gasteiger partial charge >= 0.3 is 5.97 Å². The number of carboxylic acids is 1. The zero-order chi connectivity index (χ0) is 15.5. The van der Waals surface area contributed by atoms with Gasteiger partial charge in [-0.05, 0) is 29.8 Å². The Morgan fingerprint density at radius 2 is 2.18 bits per heavy atom. The molecule has 0 radical (unpaired) electrons. The molecule has 1 aliphatic heterocycles. The van der Waals surface area contributed by atoms with Gasteiger partial charge in [-0.25, -0.2) is 9.78 Å². The summed E-state index contributed by atoms with van der Waals surface area (Å²) in [6, 6.07) is 10.3. The second-order valence-corrected chi connectivity index (χ2v) is 5.05. The van der Waals surface area contributed by atoms with E-state index in [4.69, 9.17) is 5.11 Å². The Labute approximate surface area is 127 Å². The number of aromatic nitrogens is 1. The standard InChI is InChI=1S/C16H15N3O3/c20-15-13-9-11(16(21)22)4-5-12(13)10-19(15)8-7-18-14-3-1-2-6-17-14/h1-6,9H,7-8,10H2,(H,17,18)(H,21,22). The fourth-order valence-corrected chi connectivity index (χ4v) is 2.46. The van der Waals surface area contributed by atoms with Crippen molar-refractivity contribution in [1.82, 2.24) is 9.88 Å². The number of amides is 1. The topological polar surface area (TPSA) is 82.5 Å². The first kappa shape index (κ1) is 14.1. The van der Waals surface area contributed by atoms with Crippen molar-refractivity contribution in [2.75, 3.05) is 18.4 Å². The number of fused-ring (bicyclic) bond motifs is 1. The molecular formula is C16H15N3O3. The number of benzene rings is 1. The number of carbonyl (C=O) groups is 2.